The lowest BCUT2D eigenvalue weighted by atomic mass is 9.72. The van der Waals surface area contributed by atoms with Crippen LogP contribution >= 0.6 is 0 Å². The minimum atomic E-state index is -2.86. The summed E-state index contributed by atoms with van der Waals surface area (Å²) in [7, 11) is -2.86. The number of carbonyl (C=O) groups is 1. The molecule has 114 valence electrons. The molecule has 2 heterocycles. The Morgan fingerprint density at radius 2 is 1.80 bits per heavy atom. The Kier molecular flexibility index (Phi) is 3.36. The fourth-order valence-electron chi connectivity index (χ4n) is 3.68. The Balaban J connectivity index is 1.55. The molecule has 1 unspecified atom stereocenters. The Labute approximate surface area is 121 Å². The largest absolute Gasteiger partial charge is 0.337 e. The van der Waals surface area contributed by atoms with E-state index in [9.17, 15) is 13.2 Å². The predicted octanol–water partition coefficient (Wildman–Crippen LogP) is 0.364. The fourth-order valence-corrected chi connectivity index (χ4v) is 4.96. The van der Waals surface area contributed by atoms with Crippen molar-refractivity contribution >= 4 is 15.7 Å². The second-order valence-corrected chi connectivity index (χ2v) is 9.52. The average Bonchev–Trinajstić information content (AvgIpc) is 3.13. The molecule has 3 fully saturated rings. The van der Waals surface area contributed by atoms with E-state index in [-0.39, 0.29) is 22.8 Å². The smallest absolute Gasteiger partial charge is 0.237 e. The zero-order chi connectivity index (χ0) is 14.5. The highest BCUT2D eigenvalue weighted by Crippen LogP contribution is 2.50. The molecule has 1 saturated carbocycles. The molecule has 0 aromatic carbocycles. The van der Waals surface area contributed by atoms with E-state index in [1.54, 1.807) is 0 Å². The molecule has 0 aromatic heterocycles. The maximum atomic E-state index is 12.4. The molecular weight excluding hydrogens is 276 g/mol. The molecule has 6 heteroatoms. The molecule has 1 atom stereocenters. The van der Waals surface area contributed by atoms with Crippen LogP contribution < -0.4 is 0 Å². The van der Waals surface area contributed by atoms with Gasteiger partial charge < -0.3 is 4.90 Å². The monoisotopic (exact) mass is 300 g/mol. The van der Waals surface area contributed by atoms with Gasteiger partial charge in [-0.3, -0.25) is 9.69 Å². The van der Waals surface area contributed by atoms with Gasteiger partial charge in [-0.05, 0) is 18.8 Å². The number of amides is 1. The van der Waals surface area contributed by atoms with E-state index in [1.165, 1.54) is 12.8 Å². The van der Waals surface area contributed by atoms with E-state index in [2.05, 4.69) is 13.8 Å². The molecule has 0 N–H and O–H groups in total. The van der Waals surface area contributed by atoms with Gasteiger partial charge in [0, 0.05) is 31.1 Å². The van der Waals surface area contributed by atoms with Crippen molar-refractivity contribution in [2.24, 2.45) is 11.3 Å². The lowest BCUT2D eigenvalue weighted by molar-refractivity contribution is -0.154. The maximum Gasteiger partial charge on any atom is 0.237 e. The summed E-state index contributed by atoms with van der Waals surface area (Å²) >= 11 is 0. The Morgan fingerprint density at radius 1 is 1.20 bits per heavy atom. The highest BCUT2D eigenvalue weighted by molar-refractivity contribution is 7.91. The van der Waals surface area contributed by atoms with Crippen LogP contribution in [0.4, 0.5) is 0 Å². The van der Waals surface area contributed by atoms with E-state index < -0.39 is 9.84 Å². The minimum absolute atomic E-state index is 0.181. The first-order valence-corrected chi connectivity index (χ1v) is 9.33. The van der Waals surface area contributed by atoms with Gasteiger partial charge in [-0.1, -0.05) is 13.8 Å². The highest BCUT2D eigenvalue weighted by Gasteiger charge is 2.54. The van der Waals surface area contributed by atoms with Crippen molar-refractivity contribution in [3.63, 3.8) is 0 Å². The topological polar surface area (TPSA) is 57.7 Å². The van der Waals surface area contributed by atoms with Gasteiger partial charge in [-0.25, -0.2) is 8.42 Å². The number of hydrogen-bond donors (Lipinski definition) is 0. The molecule has 0 radical (unpaired) electrons. The van der Waals surface area contributed by atoms with Gasteiger partial charge in [0.1, 0.15) is 0 Å². The van der Waals surface area contributed by atoms with Crippen molar-refractivity contribution in [1.82, 2.24) is 9.80 Å². The van der Waals surface area contributed by atoms with E-state index in [1.807, 2.05) is 9.80 Å². The first-order chi connectivity index (χ1) is 9.28. The van der Waals surface area contributed by atoms with Crippen molar-refractivity contribution in [2.45, 2.75) is 32.7 Å². The van der Waals surface area contributed by atoms with Crippen LogP contribution in [0, 0.1) is 11.3 Å². The SMILES string of the molecule is CC1(C)CN(C(=O)CN2CCS(=O)(=O)CC2)C1C1CC1. The van der Waals surface area contributed by atoms with Crippen molar-refractivity contribution in [3.8, 4) is 0 Å². The van der Waals surface area contributed by atoms with Gasteiger partial charge in [0.05, 0.1) is 18.1 Å². The summed E-state index contributed by atoms with van der Waals surface area (Å²) < 4.78 is 22.8. The third-order valence-corrected chi connectivity index (χ3v) is 6.51. The quantitative estimate of drug-likeness (QED) is 0.755. The number of carbonyl (C=O) groups excluding carboxylic acids is 1. The first-order valence-electron chi connectivity index (χ1n) is 7.51. The molecule has 20 heavy (non-hydrogen) atoms. The summed E-state index contributed by atoms with van der Waals surface area (Å²) in [5.74, 6) is 1.26. The lowest BCUT2D eigenvalue weighted by Gasteiger charge is -2.55. The number of sulfone groups is 1. The molecule has 3 rings (SSSR count). The summed E-state index contributed by atoms with van der Waals surface area (Å²) in [6, 6.07) is 0.406. The molecule has 1 aliphatic carbocycles. The summed E-state index contributed by atoms with van der Waals surface area (Å²) in [5, 5.41) is 0. The molecule has 0 aromatic rings. The van der Waals surface area contributed by atoms with Crippen LogP contribution in [-0.4, -0.2) is 67.9 Å². The third kappa shape index (κ3) is 2.72. The maximum absolute atomic E-state index is 12.4. The van der Waals surface area contributed by atoms with Crippen LogP contribution in [0.25, 0.3) is 0 Å². The zero-order valence-corrected chi connectivity index (χ0v) is 13.2. The van der Waals surface area contributed by atoms with Gasteiger partial charge in [0.2, 0.25) is 5.91 Å². The van der Waals surface area contributed by atoms with Gasteiger partial charge >= 0.3 is 0 Å². The minimum Gasteiger partial charge on any atom is -0.337 e. The van der Waals surface area contributed by atoms with Gasteiger partial charge in [-0.15, -0.1) is 0 Å². The number of likely N-dealkylation sites (tertiary alicyclic amines) is 1. The summed E-state index contributed by atoms with van der Waals surface area (Å²) in [4.78, 5) is 16.4. The predicted molar refractivity (Wildman–Crippen MR) is 77.1 cm³/mol. The molecule has 3 aliphatic rings. The van der Waals surface area contributed by atoms with Crippen molar-refractivity contribution in [3.05, 3.63) is 0 Å². The van der Waals surface area contributed by atoms with Gasteiger partial charge in [0.15, 0.2) is 9.84 Å². The van der Waals surface area contributed by atoms with Gasteiger partial charge in [0.25, 0.3) is 0 Å². The molecule has 1 amide bonds. The average molecular weight is 300 g/mol. The third-order valence-electron chi connectivity index (χ3n) is 4.90. The fraction of sp³-hybridized carbons (Fsp3) is 0.929. The lowest BCUT2D eigenvalue weighted by Crippen LogP contribution is -2.66. The van der Waals surface area contributed by atoms with Crippen LogP contribution in [0.1, 0.15) is 26.7 Å². The molecule has 0 spiro atoms. The molecule has 0 bridgehead atoms. The first kappa shape index (κ1) is 14.3. The normalized spacial score (nSPS) is 32.7. The second-order valence-electron chi connectivity index (χ2n) is 7.22. The number of rotatable bonds is 3. The summed E-state index contributed by atoms with van der Waals surface area (Å²) in [6.07, 6.45) is 2.50. The van der Waals surface area contributed by atoms with Crippen LogP contribution in [0.5, 0.6) is 0 Å². The van der Waals surface area contributed by atoms with E-state index >= 15 is 0 Å². The highest BCUT2D eigenvalue weighted by atomic mass is 32.2. The van der Waals surface area contributed by atoms with Crippen LogP contribution in [0.15, 0.2) is 0 Å². The zero-order valence-electron chi connectivity index (χ0n) is 12.3. The van der Waals surface area contributed by atoms with E-state index in [4.69, 9.17) is 0 Å². The van der Waals surface area contributed by atoms with Crippen molar-refractivity contribution in [1.29, 1.82) is 0 Å². The van der Waals surface area contributed by atoms with Crippen LogP contribution in [0.2, 0.25) is 0 Å². The number of hydrogen-bond acceptors (Lipinski definition) is 4. The van der Waals surface area contributed by atoms with Crippen molar-refractivity contribution < 1.29 is 13.2 Å². The van der Waals surface area contributed by atoms with E-state index in [0.717, 1.165) is 6.54 Å². The molecule has 2 aliphatic heterocycles. The molecule has 5 nitrogen and oxygen atoms in total. The Morgan fingerprint density at radius 3 is 2.30 bits per heavy atom. The Hall–Kier alpha value is -0.620. The van der Waals surface area contributed by atoms with Crippen LogP contribution in [0.3, 0.4) is 0 Å². The number of nitrogens with zero attached hydrogens (tertiary/aromatic N) is 2. The molecule has 2 saturated heterocycles. The summed E-state index contributed by atoms with van der Waals surface area (Å²) in [5.41, 5.74) is 0.252. The second kappa shape index (κ2) is 4.70. The van der Waals surface area contributed by atoms with Crippen molar-refractivity contribution in [2.75, 3.05) is 37.7 Å². The molecular formula is C14H24N2O3S. The van der Waals surface area contributed by atoms with Gasteiger partial charge in [-0.2, -0.15) is 0 Å². The Bertz CT molecular complexity index is 497. The summed E-state index contributed by atoms with van der Waals surface area (Å²) in [6.45, 7) is 6.72. The standard InChI is InChI=1S/C14H24N2O3S/c1-14(2)10-16(13(14)11-3-4-11)12(17)9-15-5-7-20(18,19)8-6-15/h11,13H,3-10H2,1-2H3. The van der Waals surface area contributed by atoms with E-state index in [0.29, 0.717) is 31.6 Å². The van der Waals surface area contributed by atoms with Crippen LogP contribution in [-0.2, 0) is 14.6 Å².